The Kier molecular flexibility index (Phi) is 6.37. The lowest BCUT2D eigenvalue weighted by molar-refractivity contribution is 0.0601. The summed E-state index contributed by atoms with van der Waals surface area (Å²) in [7, 11) is 1.30. The Balaban J connectivity index is 2.92. The van der Waals surface area contributed by atoms with Crippen molar-refractivity contribution in [2.75, 3.05) is 12.4 Å². The standard InChI is InChI=1S/C15H23NO5S/c1-9(17)6-7-11-10(8-12(22-11)13(18)20-5)16-14(19)21-15(2,3)4/h8-9,17H,6-7H2,1-5H3,(H,16,19). The van der Waals surface area contributed by atoms with E-state index in [-0.39, 0.29) is 0 Å². The third kappa shape index (κ3) is 6.03. The van der Waals surface area contributed by atoms with E-state index < -0.39 is 23.8 Å². The summed E-state index contributed by atoms with van der Waals surface area (Å²) in [5, 5.41) is 12.1. The zero-order valence-electron chi connectivity index (χ0n) is 13.6. The van der Waals surface area contributed by atoms with Gasteiger partial charge in [0.1, 0.15) is 10.5 Å². The molecule has 1 heterocycles. The van der Waals surface area contributed by atoms with Gasteiger partial charge in [-0.3, -0.25) is 5.32 Å². The van der Waals surface area contributed by atoms with Crippen molar-refractivity contribution in [1.29, 1.82) is 0 Å². The number of aryl methyl sites for hydroxylation is 1. The topological polar surface area (TPSA) is 84.9 Å². The van der Waals surface area contributed by atoms with Crippen molar-refractivity contribution in [2.24, 2.45) is 0 Å². The minimum Gasteiger partial charge on any atom is -0.465 e. The quantitative estimate of drug-likeness (QED) is 0.810. The molecule has 22 heavy (non-hydrogen) atoms. The summed E-state index contributed by atoms with van der Waals surface area (Å²) in [4.78, 5) is 24.7. The molecule has 0 saturated carbocycles. The first kappa shape index (κ1) is 18.4. The van der Waals surface area contributed by atoms with Gasteiger partial charge in [-0.15, -0.1) is 11.3 Å². The van der Waals surface area contributed by atoms with E-state index in [4.69, 9.17) is 9.47 Å². The van der Waals surface area contributed by atoms with Gasteiger partial charge in [0, 0.05) is 4.88 Å². The number of methoxy groups -OCH3 is 1. The zero-order chi connectivity index (χ0) is 16.9. The molecule has 0 aliphatic heterocycles. The van der Waals surface area contributed by atoms with Crippen LogP contribution in [0.5, 0.6) is 0 Å². The van der Waals surface area contributed by atoms with Gasteiger partial charge < -0.3 is 14.6 Å². The second-order valence-corrected chi connectivity index (χ2v) is 7.09. The van der Waals surface area contributed by atoms with Crippen LogP contribution in [0.1, 0.15) is 48.7 Å². The van der Waals surface area contributed by atoms with Gasteiger partial charge in [0.25, 0.3) is 0 Å². The minimum atomic E-state index is -0.606. The van der Waals surface area contributed by atoms with Crippen LogP contribution < -0.4 is 5.32 Å². The molecule has 1 unspecified atom stereocenters. The smallest absolute Gasteiger partial charge is 0.412 e. The first-order valence-corrected chi connectivity index (χ1v) is 7.83. The normalized spacial score (nSPS) is 12.6. The van der Waals surface area contributed by atoms with E-state index in [1.165, 1.54) is 18.4 Å². The SMILES string of the molecule is COC(=O)c1cc(NC(=O)OC(C)(C)C)c(CCC(C)O)s1. The molecule has 6 nitrogen and oxygen atoms in total. The number of esters is 1. The average Bonchev–Trinajstić information content (AvgIpc) is 2.76. The van der Waals surface area contributed by atoms with Crippen molar-refractivity contribution < 1.29 is 24.2 Å². The largest absolute Gasteiger partial charge is 0.465 e. The van der Waals surface area contributed by atoms with E-state index >= 15 is 0 Å². The van der Waals surface area contributed by atoms with Crippen molar-refractivity contribution in [3.8, 4) is 0 Å². The molecule has 0 aliphatic carbocycles. The molecule has 1 aromatic heterocycles. The van der Waals surface area contributed by atoms with Crippen LogP contribution in [0.4, 0.5) is 10.5 Å². The van der Waals surface area contributed by atoms with Gasteiger partial charge in [0.05, 0.1) is 18.9 Å². The van der Waals surface area contributed by atoms with Gasteiger partial charge in [-0.25, -0.2) is 9.59 Å². The summed E-state index contributed by atoms with van der Waals surface area (Å²) in [5.41, 5.74) is -0.0919. The van der Waals surface area contributed by atoms with Gasteiger partial charge in [-0.05, 0) is 46.6 Å². The maximum Gasteiger partial charge on any atom is 0.412 e. The molecule has 1 rings (SSSR count). The van der Waals surface area contributed by atoms with Crippen LogP contribution in [0.3, 0.4) is 0 Å². The molecule has 0 aromatic carbocycles. The number of hydrogen-bond donors (Lipinski definition) is 2. The highest BCUT2D eigenvalue weighted by Gasteiger charge is 2.20. The molecule has 0 spiro atoms. The number of thiophene rings is 1. The Morgan fingerprint density at radius 3 is 2.55 bits per heavy atom. The van der Waals surface area contributed by atoms with Crippen LogP contribution in [0, 0.1) is 0 Å². The van der Waals surface area contributed by atoms with E-state index in [1.54, 1.807) is 33.8 Å². The maximum absolute atomic E-state index is 11.9. The van der Waals surface area contributed by atoms with Crippen LogP contribution in [0.25, 0.3) is 0 Å². The van der Waals surface area contributed by atoms with Gasteiger partial charge in [-0.1, -0.05) is 0 Å². The fourth-order valence-corrected chi connectivity index (χ4v) is 2.72. The number of ether oxygens (including phenoxy) is 2. The summed E-state index contributed by atoms with van der Waals surface area (Å²) >= 11 is 1.24. The van der Waals surface area contributed by atoms with E-state index in [0.717, 1.165) is 4.88 Å². The van der Waals surface area contributed by atoms with Crippen molar-refractivity contribution in [2.45, 2.75) is 52.2 Å². The van der Waals surface area contributed by atoms with E-state index in [2.05, 4.69) is 5.32 Å². The average molecular weight is 329 g/mol. The third-order valence-electron chi connectivity index (χ3n) is 2.62. The van der Waals surface area contributed by atoms with Gasteiger partial charge in [0.15, 0.2) is 0 Å². The first-order valence-electron chi connectivity index (χ1n) is 7.01. The van der Waals surface area contributed by atoms with Crippen molar-refractivity contribution >= 4 is 29.1 Å². The molecular formula is C15H23NO5S. The summed E-state index contributed by atoms with van der Waals surface area (Å²) in [5.74, 6) is -0.458. The molecule has 7 heteroatoms. The Morgan fingerprint density at radius 2 is 2.05 bits per heavy atom. The molecule has 0 saturated heterocycles. The molecule has 0 aliphatic rings. The summed E-state index contributed by atoms with van der Waals surface area (Å²) in [6, 6.07) is 1.57. The predicted octanol–water partition coefficient (Wildman–Crippen LogP) is 3.20. The molecule has 0 fully saturated rings. The number of carbonyl (C=O) groups is 2. The highest BCUT2D eigenvalue weighted by atomic mass is 32.1. The fourth-order valence-electron chi connectivity index (χ4n) is 1.67. The number of amides is 1. The monoisotopic (exact) mass is 329 g/mol. The summed E-state index contributed by atoms with van der Waals surface area (Å²) in [6.07, 6.45) is 0.0345. The van der Waals surface area contributed by atoms with Crippen LogP contribution in [-0.2, 0) is 15.9 Å². The second kappa shape index (κ2) is 7.60. The number of anilines is 1. The molecule has 2 N–H and O–H groups in total. The first-order chi connectivity index (χ1) is 10.1. The maximum atomic E-state index is 11.9. The van der Waals surface area contributed by atoms with Crippen molar-refractivity contribution in [3.63, 3.8) is 0 Å². The lowest BCUT2D eigenvalue weighted by Crippen LogP contribution is -2.27. The number of rotatable bonds is 5. The van der Waals surface area contributed by atoms with Gasteiger partial charge in [-0.2, -0.15) is 0 Å². The van der Waals surface area contributed by atoms with Crippen LogP contribution >= 0.6 is 11.3 Å². The Hall–Kier alpha value is -1.60. The third-order valence-corrected chi connectivity index (χ3v) is 3.80. The summed E-state index contributed by atoms with van der Waals surface area (Å²) in [6.45, 7) is 7.01. The Morgan fingerprint density at radius 1 is 1.41 bits per heavy atom. The molecule has 1 aromatic rings. The number of nitrogens with one attached hydrogen (secondary N) is 1. The van der Waals surface area contributed by atoms with E-state index in [1.807, 2.05) is 0 Å². The molecule has 0 radical (unpaired) electrons. The Labute approximate surface area is 134 Å². The lowest BCUT2D eigenvalue weighted by Gasteiger charge is -2.19. The summed E-state index contributed by atoms with van der Waals surface area (Å²) < 4.78 is 9.90. The van der Waals surface area contributed by atoms with Crippen LogP contribution in [-0.4, -0.2) is 36.0 Å². The van der Waals surface area contributed by atoms with Gasteiger partial charge >= 0.3 is 12.1 Å². The molecule has 0 bridgehead atoms. The minimum absolute atomic E-state index is 0.397. The zero-order valence-corrected chi connectivity index (χ0v) is 14.4. The molecule has 124 valence electrons. The van der Waals surface area contributed by atoms with Crippen LogP contribution in [0.2, 0.25) is 0 Å². The fraction of sp³-hybridized carbons (Fsp3) is 0.600. The lowest BCUT2D eigenvalue weighted by atomic mass is 10.2. The molecule has 1 amide bonds. The van der Waals surface area contributed by atoms with Crippen molar-refractivity contribution in [1.82, 2.24) is 0 Å². The number of carbonyl (C=O) groups excluding carboxylic acids is 2. The number of hydrogen-bond acceptors (Lipinski definition) is 6. The number of aliphatic hydroxyl groups excluding tert-OH is 1. The Bertz CT molecular complexity index is 531. The van der Waals surface area contributed by atoms with Gasteiger partial charge in [0.2, 0.25) is 0 Å². The van der Waals surface area contributed by atoms with E-state index in [0.29, 0.717) is 23.4 Å². The molecular weight excluding hydrogens is 306 g/mol. The van der Waals surface area contributed by atoms with Crippen molar-refractivity contribution in [3.05, 3.63) is 15.8 Å². The molecule has 1 atom stereocenters. The highest BCUT2D eigenvalue weighted by Crippen LogP contribution is 2.30. The van der Waals surface area contributed by atoms with Crippen LogP contribution in [0.15, 0.2) is 6.07 Å². The van der Waals surface area contributed by atoms with E-state index in [9.17, 15) is 14.7 Å². The number of aliphatic hydroxyl groups is 1. The highest BCUT2D eigenvalue weighted by molar-refractivity contribution is 7.14. The second-order valence-electron chi connectivity index (χ2n) is 5.95. The predicted molar refractivity (Wildman–Crippen MR) is 85.5 cm³/mol.